The highest BCUT2D eigenvalue weighted by molar-refractivity contribution is 7.47. The monoisotopic (exact) mass is 1350 g/mol. The van der Waals surface area contributed by atoms with Gasteiger partial charge < -0.3 is 33.8 Å². The number of rotatable bonds is 74. The molecule has 0 rings (SSSR count). The van der Waals surface area contributed by atoms with Crippen molar-refractivity contribution in [2.75, 3.05) is 39.6 Å². The summed E-state index contributed by atoms with van der Waals surface area (Å²) in [6.07, 6.45) is 56.8. The van der Waals surface area contributed by atoms with Crippen LogP contribution in [-0.4, -0.2) is 96.7 Å². The van der Waals surface area contributed by atoms with Gasteiger partial charge in [0.25, 0.3) is 0 Å². The molecule has 546 valence electrons. The summed E-state index contributed by atoms with van der Waals surface area (Å²) in [5, 5.41) is 10.6. The number of carbonyl (C=O) groups is 4. The zero-order valence-corrected chi connectivity index (χ0v) is 61.3. The van der Waals surface area contributed by atoms with Crippen molar-refractivity contribution in [1.82, 2.24) is 0 Å². The highest BCUT2D eigenvalue weighted by Gasteiger charge is 2.30. The van der Waals surface area contributed by atoms with Crippen LogP contribution in [0.1, 0.15) is 387 Å². The van der Waals surface area contributed by atoms with Crippen molar-refractivity contribution in [2.45, 2.75) is 406 Å². The van der Waals surface area contributed by atoms with E-state index in [0.29, 0.717) is 25.7 Å². The van der Waals surface area contributed by atoms with Crippen LogP contribution in [0, 0.1) is 0 Å². The first kappa shape index (κ1) is 90.1. The van der Waals surface area contributed by atoms with Crippen LogP contribution in [0.5, 0.6) is 0 Å². The second kappa shape index (κ2) is 67.6. The van der Waals surface area contributed by atoms with Crippen LogP contribution >= 0.6 is 15.6 Å². The molecule has 0 aromatic carbocycles. The van der Waals surface area contributed by atoms with E-state index in [4.69, 9.17) is 37.0 Å². The van der Waals surface area contributed by atoms with Crippen molar-refractivity contribution < 1.29 is 80.2 Å². The van der Waals surface area contributed by atoms with Crippen molar-refractivity contribution in [3.05, 3.63) is 0 Å². The topological polar surface area (TPSA) is 237 Å². The molecule has 0 aliphatic carbocycles. The standard InChI is InChI=1S/C73H142O17P2/c1-5-9-13-17-21-25-29-31-33-34-36-38-40-44-48-52-56-60-73(78)90-69(64-84-71(76)58-54-50-46-43-39-37-35-32-30-26-22-18-14-10-6-2)66-88-92(81,82)86-62-67(74)61-85-91(79,80)87-65-68(89-72(77)59-55-51-47-42-28-24-20-16-12-8-4)63-83-70(75)57-53-49-45-41-27-23-19-15-11-7-3/h67-69,74H,5-66H2,1-4H3,(H,79,80)(H,81,82)/t67-,68+,69+/m0/s1. The van der Waals surface area contributed by atoms with Gasteiger partial charge in [-0.2, -0.15) is 0 Å². The molecule has 0 spiro atoms. The Hall–Kier alpha value is -1.94. The molecule has 92 heavy (non-hydrogen) atoms. The smallest absolute Gasteiger partial charge is 0.462 e. The molecule has 0 aromatic heterocycles. The minimum Gasteiger partial charge on any atom is -0.462 e. The first-order valence-electron chi connectivity index (χ1n) is 38.3. The highest BCUT2D eigenvalue weighted by atomic mass is 31.2. The average molecular weight is 1350 g/mol. The van der Waals surface area contributed by atoms with Gasteiger partial charge in [0.15, 0.2) is 12.2 Å². The van der Waals surface area contributed by atoms with E-state index in [-0.39, 0.29) is 25.7 Å². The predicted octanol–water partition coefficient (Wildman–Crippen LogP) is 21.4. The van der Waals surface area contributed by atoms with Crippen molar-refractivity contribution >= 4 is 39.5 Å². The molecule has 0 bridgehead atoms. The zero-order chi connectivity index (χ0) is 67.5. The van der Waals surface area contributed by atoms with Gasteiger partial charge in [0.05, 0.1) is 26.4 Å². The van der Waals surface area contributed by atoms with E-state index >= 15 is 0 Å². The zero-order valence-electron chi connectivity index (χ0n) is 59.5. The van der Waals surface area contributed by atoms with Gasteiger partial charge in [0, 0.05) is 25.7 Å². The van der Waals surface area contributed by atoms with E-state index in [1.54, 1.807) is 0 Å². The number of carbonyl (C=O) groups excluding carboxylic acids is 4. The van der Waals surface area contributed by atoms with Gasteiger partial charge in [-0.25, -0.2) is 9.13 Å². The van der Waals surface area contributed by atoms with Crippen LogP contribution < -0.4 is 0 Å². The molecule has 3 N–H and O–H groups in total. The normalized spacial score (nSPS) is 13.9. The number of phosphoric ester groups is 2. The van der Waals surface area contributed by atoms with E-state index < -0.39 is 97.5 Å². The van der Waals surface area contributed by atoms with Crippen LogP contribution in [-0.2, 0) is 65.4 Å². The lowest BCUT2D eigenvalue weighted by Crippen LogP contribution is -2.30. The van der Waals surface area contributed by atoms with Crippen LogP contribution in [0.2, 0.25) is 0 Å². The third-order valence-corrected chi connectivity index (χ3v) is 19.0. The number of unbranched alkanes of at least 4 members (excludes halogenated alkanes) is 48. The molecule has 5 atom stereocenters. The molecule has 17 nitrogen and oxygen atoms in total. The Morgan fingerprint density at radius 1 is 0.261 bits per heavy atom. The fraction of sp³-hybridized carbons (Fsp3) is 0.945. The summed E-state index contributed by atoms with van der Waals surface area (Å²) in [4.78, 5) is 72.6. The maximum absolute atomic E-state index is 13.1. The largest absolute Gasteiger partial charge is 0.472 e. The Morgan fingerprint density at radius 2 is 0.435 bits per heavy atom. The van der Waals surface area contributed by atoms with Crippen molar-refractivity contribution in [3.63, 3.8) is 0 Å². The summed E-state index contributed by atoms with van der Waals surface area (Å²) in [5.74, 6) is -2.12. The number of phosphoric acid groups is 2. The predicted molar refractivity (Wildman–Crippen MR) is 372 cm³/mol. The molecule has 2 unspecified atom stereocenters. The number of esters is 4. The number of aliphatic hydroxyl groups is 1. The Bertz CT molecular complexity index is 1760. The highest BCUT2D eigenvalue weighted by Crippen LogP contribution is 2.45. The first-order valence-corrected chi connectivity index (χ1v) is 41.3. The molecule has 0 radical (unpaired) electrons. The molecule has 19 heteroatoms. The summed E-state index contributed by atoms with van der Waals surface area (Å²) >= 11 is 0. The minimum absolute atomic E-state index is 0.107. The SMILES string of the molecule is CCCCCCCCCCCCCCCCCCCC(=O)O[C@H](COC(=O)CCCCCCCCCCCCCCCCC)COP(=O)(O)OC[C@@H](O)COP(=O)(O)OC[C@@H](COC(=O)CCCCCCCCCCCC)OC(=O)CCCCCCCCCCCC. The second-order valence-corrected chi connectivity index (χ2v) is 29.2. The summed E-state index contributed by atoms with van der Waals surface area (Å²) in [7, 11) is -9.90. The Morgan fingerprint density at radius 3 is 0.641 bits per heavy atom. The Kier molecular flexibility index (Phi) is 66.2. The summed E-state index contributed by atoms with van der Waals surface area (Å²) < 4.78 is 68.4. The third kappa shape index (κ3) is 66.7. The lowest BCUT2D eigenvalue weighted by Gasteiger charge is -2.21. The summed E-state index contributed by atoms with van der Waals surface area (Å²) in [6.45, 7) is 4.96. The molecular formula is C73H142O17P2. The molecule has 0 aliphatic rings. The van der Waals surface area contributed by atoms with Crippen molar-refractivity contribution in [2.24, 2.45) is 0 Å². The van der Waals surface area contributed by atoms with E-state index in [1.165, 1.54) is 218 Å². The number of aliphatic hydroxyl groups excluding tert-OH is 1. The van der Waals surface area contributed by atoms with Crippen LogP contribution in [0.4, 0.5) is 0 Å². The molecule has 0 aromatic rings. The number of hydrogen-bond donors (Lipinski definition) is 3. The second-order valence-electron chi connectivity index (χ2n) is 26.3. The van der Waals surface area contributed by atoms with Gasteiger partial charge in [0.2, 0.25) is 0 Å². The Labute approximate surface area is 562 Å². The van der Waals surface area contributed by atoms with Crippen molar-refractivity contribution in [1.29, 1.82) is 0 Å². The van der Waals surface area contributed by atoms with E-state index in [0.717, 1.165) is 89.9 Å². The van der Waals surface area contributed by atoms with Crippen molar-refractivity contribution in [3.8, 4) is 0 Å². The average Bonchev–Trinajstić information content (AvgIpc) is 2.59. The fourth-order valence-electron chi connectivity index (χ4n) is 11.2. The molecule has 0 heterocycles. The van der Waals surface area contributed by atoms with E-state index in [9.17, 15) is 43.2 Å². The third-order valence-electron chi connectivity index (χ3n) is 17.1. The van der Waals surface area contributed by atoms with Gasteiger partial charge in [0.1, 0.15) is 19.3 Å². The van der Waals surface area contributed by atoms with Gasteiger partial charge in [-0.1, -0.05) is 336 Å². The Balaban J connectivity index is 5.22. The van der Waals surface area contributed by atoms with E-state index in [2.05, 4.69) is 27.7 Å². The number of hydrogen-bond acceptors (Lipinski definition) is 15. The van der Waals surface area contributed by atoms with Crippen LogP contribution in [0.15, 0.2) is 0 Å². The summed E-state index contributed by atoms with van der Waals surface area (Å²) in [6, 6.07) is 0. The molecule has 0 amide bonds. The minimum atomic E-state index is -4.95. The van der Waals surface area contributed by atoms with Gasteiger partial charge in [-0.3, -0.25) is 37.3 Å². The molecule has 0 saturated carbocycles. The maximum atomic E-state index is 13.1. The van der Waals surface area contributed by atoms with E-state index in [1.807, 2.05) is 0 Å². The lowest BCUT2D eigenvalue weighted by molar-refractivity contribution is -0.161. The maximum Gasteiger partial charge on any atom is 0.472 e. The molecule has 0 saturated heterocycles. The molecular weight excluding hydrogens is 1210 g/mol. The lowest BCUT2D eigenvalue weighted by atomic mass is 10.0. The summed E-state index contributed by atoms with van der Waals surface area (Å²) in [5.41, 5.74) is 0. The fourth-order valence-corrected chi connectivity index (χ4v) is 12.8. The van der Waals surface area contributed by atoms with Gasteiger partial charge in [-0.15, -0.1) is 0 Å². The first-order chi connectivity index (χ1) is 44.7. The molecule has 0 aliphatic heterocycles. The quantitative estimate of drug-likeness (QED) is 0.0222. The van der Waals surface area contributed by atoms with Crippen LogP contribution in [0.25, 0.3) is 0 Å². The van der Waals surface area contributed by atoms with Crippen LogP contribution in [0.3, 0.4) is 0 Å². The molecule has 0 fully saturated rings. The van der Waals surface area contributed by atoms with Gasteiger partial charge in [-0.05, 0) is 25.7 Å². The van der Waals surface area contributed by atoms with Gasteiger partial charge >= 0.3 is 39.5 Å². The number of ether oxygens (including phenoxy) is 4.